The summed E-state index contributed by atoms with van der Waals surface area (Å²) in [4.78, 5) is 4.36. The summed E-state index contributed by atoms with van der Waals surface area (Å²) in [5.74, 6) is 0. The molecule has 2 aromatic rings. The highest BCUT2D eigenvalue weighted by atomic mass is 32.2. The molecule has 0 aromatic carbocycles. The van der Waals surface area contributed by atoms with Crippen LogP contribution in [0.4, 0.5) is 0 Å². The van der Waals surface area contributed by atoms with E-state index in [0.29, 0.717) is 0 Å². The van der Waals surface area contributed by atoms with Crippen LogP contribution in [0.5, 0.6) is 0 Å². The summed E-state index contributed by atoms with van der Waals surface area (Å²) >= 11 is 1.67. The first-order valence-electron chi connectivity index (χ1n) is 6.51. The van der Waals surface area contributed by atoms with Gasteiger partial charge in [-0.2, -0.15) is 5.10 Å². The Morgan fingerprint density at radius 1 is 1.37 bits per heavy atom. The third kappa shape index (κ3) is 3.19. The third-order valence-electron chi connectivity index (χ3n) is 2.98. The van der Waals surface area contributed by atoms with Crippen molar-refractivity contribution in [3.05, 3.63) is 23.7 Å². The van der Waals surface area contributed by atoms with E-state index in [4.69, 9.17) is 0 Å². The van der Waals surface area contributed by atoms with Gasteiger partial charge in [-0.25, -0.2) is 4.98 Å². The van der Waals surface area contributed by atoms with E-state index in [9.17, 15) is 0 Å². The van der Waals surface area contributed by atoms with Crippen LogP contribution < -0.4 is 5.32 Å². The molecule has 2 aromatic heterocycles. The quantitative estimate of drug-likeness (QED) is 0.823. The maximum Gasteiger partial charge on any atom is 0.174 e. The molecule has 0 atom stereocenters. The van der Waals surface area contributed by atoms with Gasteiger partial charge in [-0.3, -0.25) is 4.68 Å². The number of nitrogens with zero attached hydrogens (tertiary/aromatic N) is 4. The molecule has 2 rings (SSSR count). The lowest BCUT2D eigenvalue weighted by atomic mass is 10.2. The van der Waals surface area contributed by atoms with Crippen LogP contribution in [0.15, 0.2) is 22.6 Å². The number of nitrogens with one attached hydrogen (secondary N) is 1. The lowest BCUT2D eigenvalue weighted by Gasteiger charge is -2.07. The van der Waals surface area contributed by atoms with E-state index < -0.39 is 0 Å². The Balaban J connectivity index is 2.21. The van der Waals surface area contributed by atoms with Crippen LogP contribution in [-0.4, -0.2) is 25.9 Å². The van der Waals surface area contributed by atoms with E-state index in [2.05, 4.69) is 29.2 Å². The topological polar surface area (TPSA) is 47.7 Å². The third-order valence-corrected chi connectivity index (χ3v) is 4.26. The standard InChI is InChI=1S/C13H21N5S/c1-5-6-14-9-11-10(2)16-18(4)12(11)19-13-15-7-8-17(13)3/h7-8,14H,5-6,9H2,1-4H3. The number of hydrogen-bond donors (Lipinski definition) is 1. The fourth-order valence-electron chi connectivity index (χ4n) is 1.94. The van der Waals surface area contributed by atoms with Crippen LogP contribution in [0.25, 0.3) is 0 Å². The van der Waals surface area contributed by atoms with Gasteiger partial charge in [-0.05, 0) is 31.7 Å². The first-order valence-corrected chi connectivity index (χ1v) is 7.33. The largest absolute Gasteiger partial charge is 0.329 e. The maximum absolute atomic E-state index is 4.52. The first kappa shape index (κ1) is 14.1. The van der Waals surface area contributed by atoms with Gasteiger partial charge in [0.1, 0.15) is 5.03 Å². The molecular weight excluding hydrogens is 258 g/mol. The zero-order valence-electron chi connectivity index (χ0n) is 12.0. The number of aromatic nitrogens is 4. The second kappa shape index (κ2) is 6.25. The number of rotatable bonds is 6. The fourth-order valence-corrected chi connectivity index (χ4v) is 2.95. The summed E-state index contributed by atoms with van der Waals surface area (Å²) in [5.41, 5.74) is 2.35. The SMILES string of the molecule is CCCNCc1c(C)nn(C)c1Sc1nccn1C. The van der Waals surface area contributed by atoms with Crippen LogP contribution in [0.1, 0.15) is 24.6 Å². The minimum Gasteiger partial charge on any atom is -0.329 e. The number of imidazole rings is 1. The van der Waals surface area contributed by atoms with E-state index in [1.807, 2.05) is 35.7 Å². The second-order valence-electron chi connectivity index (χ2n) is 4.59. The van der Waals surface area contributed by atoms with Gasteiger partial charge in [0, 0.05) is 38.6 Å². The van der Waals surface area contributed by atoms with Crippen molar-refractivity contribution in [2.24, 2.45) is 14.1 Å². The average molecular weight is 279 g/mol. The minimum atomic E-state index is 0.861. The lowest BCUT2D eigenvalue weighted by Crippen LogP contribution is -2.14. The van der Waals surface area contributed by atoms with Crippen molar-refractivity contribution < 1.29 is 0 Å². The van der Waals surface area contributed by atoms with E-state index in [0.717, 1.165) is 35.4 Å². The second-order valence-corrected chi connectivity index (χ2v) is 5.55. The maximum atomic E-state index is 4.52. The molecule has 5 nitrogen and oxygen atoms in total. The molecule has 2 heterocycles. The molecule has 0 aliphatic heterocycles. The summed E-state index contributed by atoms with van der Waals surface area (Å²) < 4.78 is 3.97. The summed E-state index contributed by atoms with van der Waals surface area (Å²) in [6.45, 7) is 6.12. The summed E-state index contributed by atoms with van der Waals surface area (Å²) in [6, 6.07) is 0. The Bertz CT molecular complexity index is 543. The molecule has 0 radical (unpaired) electrons. The molecule has 0 aliphatic rings. The molecule has 19 heavy (non-hydrogen) atoms. The van der Waals surface area contributed by atoms with Crippen molar-refractivity contribution >= 4 is 11.8 Å². The Hall–Kier alpha value is -1.27. The van der Waals surface area contributed by atoms with Gasteiger partial charge < -0.3 is 9.88 Å². The van der Waals surface area contributed by atoms with Gasteiger partial charge >= 0.3 is 0 Å². The first-order chi connectivity index (χ1) is 9.13. The van der Waals surface area contributed by atoms with Gasteiger partial charge in [-0.1, -0.05) is 6.92 Å². The van der Waals surface area contributed by atoms with Crippen LogP contribution in [0, 0.1) is 6.92 Å². The van der Waals surface area contributed by atoms with E-state index in [-0.39, 0.29) is 0 Å². The van der Waals surface area contributed by atoms with E-state index in [1.165, 1.54) is 5.56 Å². The van der Waals surface area contributed by atoms with Gasteiger partial charge in [0.25, 0.3) is 0 Å². The Kier molecular flexibility index (Phi) is 4.66. The highest BCUT2D eigenvalue weighted by Crippen LogP contribution is 2.30. The molecule has 0 amide bonds. The van der Waals surface area contributed by atoms with Crippen molar-refractivity contribution in [1.82, 2.24) is 24.6 Å². The number of aryl methyl sites for hydroxylation is 3. The lowest BCUT2D eigenvalue weighted by molar-refractivity contribution is 0.651. The van der Waals surface area contributed by atoms with Crippen molar-refractivity contribution in [1.29, 1.82) is 0 Å². The van der Waals surface area contributed by atoms with Gasteiger partial charge in [0.05, 0.1) is 5.69 Å². The normalized spacial score (nSPS) is 11.2. The average Bonchev–Trinajstić information content (AvgIpc) is 2.88. The van der Waals surface area contributed by atoms with Gasteiger partial charge in [0.15, 0.2) is 5.16 Å². The van der Waals surface area contributed by atoms with Crippen molar-refractivity contribution in [3.8, 4) is 0 Å². The molecule has 1 N–H and O–H groups in total. The van der Waals surface area contributed by atoms with Crippen LogP contribution in [0.2, 0.25) is 0 Å². The van der Waals surface area contributed by atoms with Crippen molar-refractivity contribution in [2.45, 2.75) is 37.0 Å². The zero-order valence-corrected chi connectivity index (χ0v) is 12.8. The zero-order chi connectivity index (χ0) is 13.8. The molecule has 0 bridgehead atoms. The molecule has 6 heteroatoms. The smallest absolute Gasteiger partial charge is 0.174 e. The predicted octanol–water partition coefficient (Wildman–Crippen LogP) is 2.11. The number of hydrogen-bond acceptors (Lipinski definition) is 4. The van der Waals surface area contributed by atoms with Crippen LogP contribution >= 0.6 is 11.8 Å². The van der Waals surface area contributed by atoms with Crippen molar-refractivity contribution in [2.75, 3.05) is 6.54 Å². The monoisotopic (exact) mass is 279 g/mol. The Labute approximate surface area is 118 Å². The summed E-state index contributed by atoms with van der Waals surface area (Å²) in [7, 11) is 4.00. The Morgan fingerprint density at radius 2 is 2.16 bits per heavy atom. The summed E-state index contributed by atoms with van der Waals surface area (Å²) in [6.07, 6.45) is 4.92. The molecule has 0 fully saturated rings. The van der Waals surface area contributed by atoms with Gasteiger partial charge in [-0.15, -0.1) is 0 Å². The van der Waals surface area contributed by atoms with E-state index >= 15 is 0 Å². The minimum absolute atomic E-state index is 0.861. The molecule has 0 saturated carbocycles. The van der Waals surface area contributed by atoms with E-state index in [1.54, 1.807) is 11.8 Å². The molecule has 0 unspecified atom stereocenters. The van der Waals surface area contributed by atoms with Crippen LogP contribution in [0.3, 0.4) is 0 Å². The molecule has 0 spiro atoms. The predicted molar refractivity (Wildman–Crippen MR) is 77.3 cm³/mol. The molecule has 104 valence electrons. The summed E-state index contributed by atoms with van der Waals surface area (Å²) in [5, 5.41) is 10.1. The molecule has 0 saturated heterocycles. The highest BCUT2D eigenvalue weighted by Gasteiger charge is 2.15. The highest BCUT2D eigenvalue weighted by molar-refractivity contribution is 7.99. The Morgan fingerprint density at radius 3 is 2.79 bits per heavy atom. The van der Waals surface area contributed by atoms with Gasteiger partial charge in [0.2, 0.25) is 0 Å². The van der Waals surface area contributed by atoms with Crippen molar-refractivity contribution in [3.63, 3.8) is 0 Å². The van der Waals surface area contributed by atoms with Crippen LogP contribution in [-0.2, 0) is 20.6 Å². The fraction of sp³-hybridized carbons (Fsp3) is 0.538. The molecule has 0 aliphatic carbocycles. The molecular formula is C13H21N5S.